The van der Waals surface area contributed by atoms with Crippen molar-refractivity contribution >= 4 is 51.8 Å². The zero-order valence-electron chi connectivity index (χ0n) is 26.5. The number of carbonyl (C=O) groups is 3. The summed E-state index contributed by atoms with van der Waals surface area (Å²) in [5, 5.41) is 5.96. The van der Waals surface area contributed by atoms with Gasteiger partial charge in [0.05, 0.1) is 23.9 Å². The fourth-order valence-electron chi connectivity index (χ4n) is 5.13. The SMILES string of the molecule is CCN=C(C(=O)Nc1nc2cc(C(N)=O)cc3c2n1[C@@H](CCCNc1c(N)cc(C(N)=O)cc1OCCCOC)CO3)C(F)=C(C)N. The number of hydrogen-bond donors (Lipinski definition) is 6. The van der Waals surface area contributed by atoms with E-state index in [-0.39, 0.29) is 42.0 Å². The number of methoxy groups -OCH3 is 1. The summed E-state index contributed by atoms with van der Waals surface area (Å²) in [4.78, 5) is 45.6. The monoisotopic (exact) mass is 653 g/mol. The first kappa shape index (κ1) is 34.5. The number of imidazole rings is 1. The third-order valence-electron chi connectivity index (χ3n) is 7.33. The van der Waals surface area contributed by atoms with Gasteiger partial charge in [-0.25, -0.2) is 9.37 Å². The van der Waals surface area contributed by atoms with Gasteiger partial charge in [0.15, 0.2) is 11.5 Å². The number of aliphatic imine (C=N–C) groups is 1. The number of hydrogen-bond acceptors (Lipinski definition) is 11. The van der Waals surface area contributed by atoms with Gasteiger partial charge < -0.3 is 47.0 Å². The van der Waals surface area contributed by atoms with E-state index in [1.165, 1.54) is 31.2 Å². The molecule has 3 aromatic rings. The van der Waals surface area contributed by atoms with Gasteiger partial charge in [-0.3, -0.25) is 24.7 Å². The number of primary amides is 2. The van der Waals surface area contributed by atoms with Crippen molar-refractivity contribution in [2.75, 3.05) is 56.4 Å². The van der Waals surface area contributed by atoms with Crippen LogP contribution < -0.4 is 43.0 Å². The van der Waals surface area contributed by atoms with E-state index in [0.717, 1.165) is 0 Å². The number of aromatic nitrogens is 2. The molecule has 0 unspecified atom stereocenters. The summed E-state index contributed by atoms with van der Waals surface area (Å²) in [5.74, 6) is -2.22. The number of allylic oxidation sites excluding steroid dienone is 1. The lowest BCUT2D eigenvalue weighted by Gasteiger charge is -2.27. The van der Waals surface area contributed by atoms with E-state index in [1.54, 1.807) is 18.6 Å². The van der Waals surface area contributed by atoms with Gasteiger partial charge in [0.2, 0.25) is 17.8 Å². The molecule has 0 bridgehead atoms. The molecule has 4 rings (SSSR count). The number of nitrogens with zero attached hydrogens (tertiary/aromatic N) is 3. The van der Waals surface area contributed by atoms with Crippen molar-refractivity contribution in [3.8, 4) is 11.5 Å². The number of benzene rings is 2. The molecule has 3 amide bonds. The molecule has 0 spiro atoms. The molecular weight excluding hydrogens is 613 g/mol. The maximum atomic E-state index is 14.8. The second kappa shape index (κ2) is 15.3. The van der Waals surface area contributed by atoms with Crippen molar-refractivity contribution in [3.63, 3.8) is 0 Å². The molecule has 1 aliphatic heterocycles. The van der Waals surface area contributed by atoms with Gasteiger partial charge in [0.25, 0.3) is 5.91 Å². The second-order valence-corrected chi connectivity index (χ2v) is 10.8. The fourth-order valence-corrected chi connectivity index (χ4v) is 5.13. The Bertz CT molecular complexity index is 1730. The van der Waals surface area contributed by atoms with E-state index in [9.17, 15) is 18.8 Å². The predicted molar refractivity (Wildman–Crippen MR) is 176 cm³/mol. The lowest BCUT2D eigenvalue weighted by atomic mass is 10.1. The highest BCUT2D eigenvalue weighted by Gasteiger charge is 2.30. The van der Waals surface area contributed by atoms with Crippen LogP contribution >= 0.6 is 0 Å². The lowest BCUT2D eigenvalue weighted by molar-refractivity contribution is -0.110. The molecule has 1 aromatic heterocycles. The van der Waals surface area contributed by atoms with Crippen LogP contribution in [0.1, 0.15) is 59.9 Å². The Morgan fingerprint density at radius 2 is 1.83 bits per heavy atom. The molecule has 16 heteroatoms. The van der Waals surface area contributed by atoms with E-state index in [1.807, 2.05) is 0 Å². The molecule has 0 aliphatic carbocycles. The third-order valence-corrected chi connectivity index (χ3v) is 7.33. The van der Waals surface area contributed by atoms with E-state index in [4.69, 9.17) is 37.1 Å². The highest BCUT2D eigenvalue weighted by Crippen LogP contribution is 2.39. The van der Waals surface area contributed by atoms with E-state index in [0.29, 0.717) is 72.9 Å². The first-order valence-electron chi connectivity index (χ1n) is 15.0. The predicted octanol–water partition coefficient (Wildman–Crippen LogP) is 2.62. The van der Waals surface area contributed by atoms with Gasteiger partial charge in [0, 0.05) is 50.1 Å². The summed E-state index contributed by atoms with van der Waals surface area (Å²) in [6.45, 7) is 4.59. The van der Waals surface area contributed by atoms with Crippen LogP contribution in [0.25, 0.3) is 11.0 Å². The molecule has 15 nitrogen and oxygen atoms in total. The summed E-state index contributed by atoms with van der Waals surface area (Å²) in [7, 11) is 1.59. The van der Waals surface area contributed by atoms with Gasteiger partial charge in [-0.15, -0.1) is 0 Å². The molecule has 0 fully saturated rings. The van der Waals surface area contributed by atoms with Crippen molar-refractivity contribution in [2.24, 2.45) is 22.2 Å². The molecule has 47 heavy (non-hydrogen) atoms. The molecule has 10 N–H and O–H groups in total. The first-order chi connectivity index (χ1) is 22.5. The zero-order chi connectivity index (χ0) is 34.2. The molecular formula is C31H40FN9O6. The molecule has 0 saturated heterocycles. The largest absolute Gasteiger partial charge is 0.491 e. The van der Waals surface area contributed by atoms with Gasteiger partial charge in [-0.05, 0) is 51.0 Å². The van der Waals surface area contributed by atoms with Crippen molar-refractivity contribution in [3.05, 3.63) is 46.9 Å². The molecule has 2 aromatic carbocycles. The minimum atomic E-state index is -0.938. The Morgan fingerprint density at radius 1 is 1.11 bits per heavy atom. The van der Waals surface area contributed by atoms with Gasteiger partial charge in [0.1, 0.15) is 29.3 Å². The average molecular weight is 654 g/mol. The zero-order valence-corrected chi connectivity index (χ0v) is 26.5. The number of nitrogens with two attached hydrogens (primary N) is 4. The highest BCUT2D eigenvalue weighted by molar-refractivity contribution is 6.48. The van der Waals surface area contributed by atoms with Crippen LogP contribution in [0.4, 0.5) is 21.7 Å². The standard InChI is InChI=1S/C31H40FN9O6/c1-4-37-26(24(32)16(2)33)30(44)40-31-39-21-12-18(29(36)43)14-23-27(21)41(31)19(15-47-23)7-5-8-38-25-20(34)11-17(28(35)42)13-22(25)46-10-6-9-45-3/h11-14,19,38H,4-10,15,33-34H2,1-3H3,(H2,35,42)(H2,36,43)(H,39,40,44)/t19-/m0/s1. The molecule has 0 radical (unpaired) electrons. The number of halogens is 1. The number of rotatable bonds is 16. The summed E-state index contributed by atoms with van der Waals surface area (Å²) >= 11 is 0. The Balaban J connectivity index is 1.59. The van der Waals surface area contributed by atoms with E-state index in [2.05, 4.69) is 20.6 Å². The fraction of sp³-hybridized carbons (Fsp3) is 0.387. The molecule has 0 saturated carbocycles. The Kier molecular flexibility index (Phi) is 11.2. The molecule has 2 heterocycles. The van der Waals surface area contributed by atoms with Crippen LogP contribution in [0.2, 0.25) is 0 Å². The topological polar surface area (TPSA) is 237 Å². The minimum Gasteiger partial charge on any atom is -0.491 e. The maximum absolute atomic E-state index is 14.8. The summed E-state index contributed by atoms with van der Waals surface area (Å²) in [6, 6.07) is 5.71. The number of carbonyl (C=O) groups excluding carboxylic acids is 3. The number of amides is 3. The van der Waals surface area contributed by atoms with Crippen LogP contribution in [-0.2, 0) is 9.53 Å². The normalized spacial score (nSPS) is 14.7. The minimum absolute atomic E-state index is 0.110. The summed E-state index contributed by atoms with van der Waals surface area (Å²) < 4.78 is 33.6. The highest BCUT2D eigenvalue weighted by atomic mass is 19.1. The number of ether oxygens (including phenoxy) is 3. The van der Waals surface area contributed by atoms with Crippen molar-refractivity contribution in [1.82, 2.24) is 9.55 Å². The molecule has 1 aliphatic rings. The molecule has 252 valence electrons. The average Bonchev–Trinajstić information content (AvgIpc) is 3.39. The lowest BCUT2D eigenvalue weighted by Crippen LogP contribution is -2.29. The second-order valence-electron chi connectivity index (χ2n) is 10.8. The van der Waals surface area contributed by atoms with E-state index < -0.39 is 29.3 Å². The Morgan fingerprint density at radius 3 is 2.49 bits per heavy atom. The van der Waals surface area contributed by atoms with Gasteiger partial charge in [-0.1, -0.05) is 0 Å². The number of nitrogen functional groups attached to an aromatic ring is 1. The smallest absolute Gasteiger partial charge is 0.279 e. The van der Waals surface area contributed by atoms with Crippen LogP contribution in [0.15, 0.2) is 40.8 Å². The van der Waals surface area contributed by atoms with Gasteiger partial charge >= 0.3 is 0 Å². The quantitative estimate of drug-likeness (QED) is 0.0750. The van der Waals surface area contributed by atoms with E-state index >= 15 is 0 Å². The summed E-state index contributed by atoms with van der Waals surface area (Å²) in [6.07, 6.45) is 1.75. The van der Waals surface area contributed by atoms with Crippen molar-refractivity contribution in [1.29, 1.82) is 0 Å². The van der Waals surface area contributed by atoms with Crippen molar-refractivity contribution in [2.45, 2.75) is 39.2 Å². The Labute approximate surface area is 270 Å². The first-order valence-corrected chi connectivity index (χ1v) is 15.0. The van der Waals surface area contributed by atoms with Crippen LogP contribution in [0.5, 0.6) is 11.5 Å². The van der Waals surface area contributed by atoms with Crippen molar-refractivity contribution < 1.29 is 33.0 Å². The Hall–Kier alpha value is -5.38. The maximum Gasteiger partial charge on any atom is 0.279 e. The third kappa shape index (κ3) is 7.89. The number of nitrogens with one attached hydrogen (secondary N) is 2. The van der Waals surface area contributed by atoms with Crippen LogP contribution in [0.3, 0.4) is 0 Å². The summed E-state index contributed by atoms with van der Waals surface area (Å²) in [5.41, 5.74) is 24.3. The van der Waals surface area contributed by atoms with Crippen LogP contribution in [0, 0.1) is 0 Å². The molecule has 1 atom stereocenters. The van der Waals surface area contributed by atoms with Crippen LogP contribution in [-0.4, -0.2) is 73.0 Å². The van der Waals surface area contributed by atoms with Gasteiger partial charge in [-0.2, -0.15) is 0 Å². The number of anilines is 3.